The molecule has 4 heteroatoms. The number of hydrogen-bond donors (Lipinski definition) is 1. The Labute approximate surface area is 110 Å². The fourth-order valence-corrected chi connectivity index (χ4v) is 2.99. The number of nitrogens with zero attached hydrogens (tertiary/aromatic N) is 1. The summed E-state index contributed by atoms with van der Waals surface area (Å²) >= 11 is 0. The second kappa shape index (κ2) is 6.53. The number of ether oxygens (including phenoxy) is 1. The van der Waals surface area contributed by atoms with Crippen molar-refractivity contribution < 1.29 is 9.53 Å². The Bertz CT molecular complexity index is 277. The molecule has 2 fully saturated rings. The van der Waals surface area contributed by atoms with Crippen LogP contribution in [0.2, 0.25) is 0 Å². The van der Waals surface area contributed by atoms with Crippen LogP contribution in [0.15, 0.2) is 0 Å². The van der Waals surface area contributed by atoms with Crippen molar-refractivity contribution in [2.75, 3.05) is 26.3 Å². The van der Waals surface area contributed by atoms with Gasteiger partial charge in [0, 0.05) is 38.1 Å². The van der Waals surface area contributed by atoms with Crippen molar-refractivity contribution in [1.29, 1.82) is 0 Å². The third-order valence-corrected chi connectivity index (χ3v) is 4.51. The van der Waals surface area contributed by atoms with Crippen LogP contribution < -0.4 is 5.73 Å². The van der Waals surface area contributed by atoms with Gasteiger partial charge in [-0.05, 0) is 25.2 Å². The standard InChI is InChI=1S/C14H26N2O2/c1-2-11-3-4-14(17)16(7-5-11)9-13(15)12-6-8-18-10-12/h11-13H,2-10,15H2,1H3. The highest BCUT2D eigenvalue weighted by Gasteiger charge is 2.28. The molecule has 18 heavy (non-hydrogen) atoms. The van der Waals surface area contributed by atoms with Gasteiger partial charge in [0.2, 0.25) is 5.91 Å². The predicted molar refractivity (Wildman–Crippen MR) is 71.1 cm³/mol. The van der Waals surface area contributed by atoms with Crippen molar-refractivity contribution in [3.8, 4) is 0 Å². The lowest BCUT2D eigenvalue weighted by atomic mass is 9.98. The molecule has 2 N–H and O–H groups in total. The van der Waals surface area contributed by atoms with Crippen molar-refractivity contribution >= 4 is 5.91 Å². The summed E-state index contributed by atoms with van der Waals surface area (Å²) in [4.78, 5) is 14.1. The van der Waals surface area contributed by atoms with Gasteiger partial charge >= 0.3 is 0 Å². The van der Waals surface area contributed by atoms with Crippen LogP contribution in [0.4, 0.5) is 0 Å². The highest BCUT2D eigenvalue weighted by atomic mass is 16.5. The number of hydrogen-bond acceptors (Lipinski definition) is 3. The average Bonchev–Trinajstić information content (AvgIpc) is 2.85. The molecule has 1 amide bonds. The minimum Gasteiger partial charge on any atom is -0.381 e. The topological polar surface area (TPSA) is 55.6 Å². The van der Waals surface area contributed by atoms with Crippen LogP contribution in [-0.4, -0.2) is 43.2 Å². The molecule has 2 rings (SSSR count). The van der Waals surface area contributed by atoms with Crippen molar-refractivity contribution in [3.63, 3.8) is 0 Å². The van der Waals surface area contributed by atoms with Gasteiger partial charge in [-0.3, -0.25) is 4.79 Å². The van der Waals surface area contributed by atoms with Crippen LogP contribution in [-0.2, 0) is 9.53 Å². The van der Waals surface area contributed by atoms with Gasteiger partial charge in [0.15, 0.2) is 0 Å². The second-order valence-electron chi connectivity index (χ2n) is 5.73. The van der Waals surface area contributed by atoms with E-state index in [1.807, 2.05) is 4.90 Å². The molecular formula is C14H26N2O2. The van der Waals surface area contributed by atoms with E-state index in [1.54, 1.807) is 0 Å². The minimum absolute atomic E-state index is 0.0784. The van der Waals surface area contributed by atoms with Crippen molar-refractivity contribution in [2.45, 2.75) is 45.1 Å². The normalized spacial score (nSPS) is 31.4. The summed E-state index contributed by atoms with van der Waals surface area (Å²) in [6.45, 7) is 5.40. The zero-order chi connectivity index (χ0) is 13.0. The third kappa shape index (κ3) is 3.45. The fourth-order valence-electron chi connectivity index (χ4n) is 2.99. The molecule has 2 aliphatic rings. The Morgan fingerprint density at radius 1 is 1.44 bits per heavy atom. The molecule has 0 aromatic carbocycles. The Kier molecular flexibility index (Phi) is 5.01. The Hall–Kier alpha value is -0.610. The van der Waals surface area contributed by atoms with E-state index in [0.29, 0.717) is 30.7 Å². The van der Waals surface area contributed by atoms with Crippen LogP contribution in [0.3, 0.4) is 0 Å². The molecule has 0 radical (unpaired) electrons. The van der Waals surface area contributed by atoms with Gasteiger partial charge in [-0.15, -0.1) is 0 Å². The first-order chi connectivity index (χ1) is 8.70. The van der Waals surface area contributed by atoms with E-state index in [9.17, 15) is 4.79 Å². The summed E-state index contributed by atoms with van der Waals surface area (Å²) in [6, 6.07) is 0.0784. The molecule has 104 valence electrons. The van der Waals surface area contributed by atoms with Crippen LogP contribution >= 0.6 is 0 Å². The molecule has 0 aliphatic carbocycles. The summed E-state index contributed by atoms with van der Waals surface area (Å²) in [7, 11) is 0. The number of carbonyl (C=O) groups is 1. The molecule has 4 nitrogen and oxygen atoms in total. The molecule has 0 bridgehead atoms. The van der Waals surface area contributed by atoms with Crippen LogP contribution in [0.5, 0.6) is 0 Å². The van der Waals surface area contributed by atoms with Crippen LogP contribution in [0, 0.1) is 11.8 Å². The predicted octanol–water partition coefficient (Wildman–Crippen LogP) is 1.39. The highest BCUT2D eigenvalue weighted by Crippen LogP contribution is 2.22. The Morgan fingerprint density at radius 3 is 2.94 bits per heavy atom. The van der Waals surface area contributed by atoms with E-state index >= 15 is 0 Å². The lowest BCUT2D eigenvalue weighted by molar-refractivity contribution is -0.131. The van der Waals surface area contributed by atoms with E-state index in [2.05, 4.69) is 6.92 Å². The largest absolute Gasteiger partial charge is 0.381 e. The van der Waals surface area contributed by atoms with Gasteiger partial charge < -0.3 is 15.4 Å². The van der Waals surface area contributed by atoms with Crippen molar-refractivity contribution in [2.24, 2.45) is 17.6 Å². The SMILES string of the molecule is CCC1CCC(=O)N(CC(N)C2CCOC2)CC1. The minimum atomic E-state index is 0.0784. The summed E-state index contributed by atoms with van der Waals surface area (Å²) in [5.41, 5.74) is 6.22. The van der Waals surface area contributed by atoms with Gasteiger partial charge in [-0.2, -0.15) is 0 Å². The second-order valence-corrected chi connectivity index (χ2v) is 5.73. The zero-order valence-electron chi connectivity index (χ0n) is 11.4. The maximum absolute atomic E-state index is 12.1. The zero-order valence-corrected chi connectivity index (χ0v) is 11.4. The molecule has 2 saturated heterocycles. The van der Waals surface area contributed by atoms with E-state index < -0.39 is 0 Å². The van der Waals surface area contributed by atoms with E-state index in [4.69, 9.17) is 10.5 Å². The Balaban J connectivity index is 1.85. The fraction of sp³-hybridized carbons (Fsp3) is 0.929. The van der Waals surface area contributed by atoms with Crippen LogP contribution in [0.25, 0.3) is 0 Å². The molecule has 0 spiro atoms. The number of nitrogens with two attached hydrogens (primary N) is 1. The lowest BCUT2D eigenvalue weighted by Gasteiger charge is -2.27. The molecule has 0 aromatic heterocycles. The highest BCUT2D eigenvalue weighted by molar-refractivity contribution is 5.76. The molecule has 0 saturated carbocycles. The van der Waals surface area contributed by atoms with E-state index in [1.165, 1.54) is 6.42 Å². The molecule has 0 aromatic rings. The van der Waals surface area contributed by atoms with Gasteiger partial charge in [0.25, 0.3) is 0 Å². The summed E-state index contributed by atoms with van der Waals surface area (Å²) < 4.78 is 5.37. The average molecular weight is 254 g/mol. The van der Waals surface area contributed by atoms with Crippen molar-refractivity contribution in [3.05, 3.63) is 0 Å². The number of amides is 1. The molecule has 3 unspecified atom stereocenters. The maximum atomic E-state index is 12.1. The first-order valence-electron chi connectivity index (χ1n) is 7.31. The first kappa shape index (κ1) is 13.8. The Morgan fingerprint density at radius 2 is 2.28 bits per heavy atom. The quantitative estimate of drug-likeness (QED) is 0.825. The molecule has 2 aliphatic heterocycles. The van der Waals surface area contributed by atoms with Gasteiger partial charge in [-0.1, -0.05) is 13.3 Å². The number of carbonyl (C=O) groups excluding carboxylic acids is 1. The summed E-state index contributed by atoms with van der Waals surface area (Å²) in [6.07, 6.45) is 5.11. The lowest BCUT2D eigenvalue weighted by Crippen LogP contribution is -2.45. The molecular weight excluding hydrogens is 228 g/mol. The van der Waals surface area contributed by atoms with E-state index in [0.717, 1.165) is 39.0 Å². The first-order valence-corrected chi connectivity index (χ1v) is 7.31. The maximum Gasteiger partial charge on any atom is 0.222 e. The van der Waals surface area contributed by atoms with Gasteiger partial charge in [-0.25, -0.2) is 0 Å². The monoisotopic (exact) mass is 254 g/mol. The summed E-state index contributed by atoms with van der Waals surface area (Å²) in [5, 5.41) is 0. The smallest absolute Gasteiger partial charge is 0.222 e. The van der Waals surface area contributed by atoms with Gasteiger partial charge in [0.1, 0.15) is 0 Å². The van der Waals surface area contributed by atoms with Crippen molar-refractivity contribution in [1.82, 2.24) is 4.90 Å². The number of likely N-dealkylation sites (tertiary alicyclic amines) is 1. The molecule has 3 atom stereocenters. The van der Waals surface area contributed by atoms with Crippen LogP contribution in [0.1, 0.15) is 39.0 Å². The van der Waals surface area contributed by atoms with Gasteiger partial charge in [0.05, 0.1) is 6.61 Å². The molecule has 2 heterocycles. The third-order valence-electron chi connectivity index (χ3n) is 4.51. The summed E-state index contributed by atoms with van der Waals surface area (Å²) in [5.74, 6) is 1.44. The number of rotatable bonds is 4. The van der Waals surface area contributed by atoms with E-state index in [-0.39, 0.29) is 6.04 Å².